The van der Waals surface area contributed by atoms with Gasteiger partial charge in [-0.3, -0.25) is 4.90 Å². The van der Waals surface area contributed by atoms with Gasteiger partial charge in [0.1, 0.15) is 5.82 Å². The molecular formula is C20H27N3. The molecule has 1 fully saturated rings. The fourth-order valence-corrected chi connectivity index (χ4v) is 3.62. The zero-order valence-corrected chi connectivity index (χ0v) is 14.5. The largest absolute Gasteiger partial charge is 0.363 e. The fourth-order valence-electron chi connectivity index (χ4n) is 3.62. The molecule has 1 aliphatic heterocycles. The molecular weight excluding hydrogens is 282 g/mol. The van der Waals surface area contributed by atoms with Crippen molar-refractivity contribution in [3.63, 3.8) is 0 Å². The molecule has 0 aliphatic carbocycles. The summed E-state index contributed by atoms with van der Waals surface area (Å²) >= 11 is 0. The number of pyridine rings is 1. The summed E-state index contributed by atoms with van der Waals surface area (Å²) in [6.45, 7) is 4.37. The monoisotopic (exact) mass is 309 g/mol. The number of benzene rings is 1. The predicted octanol–water partition coefficient (Wildman–Crippen LogP) is 4.18. The van der Waals surface area contributed by atoms with E-state index in [1.165, 1.54) is 42.5 Å². The second-order valence-electron chi connectivity index (χ2n) is 6.77. The first-order valence-electron chi connectivity index (χ1n) is 8.57. The maximum absolute atomic E-state index is 4.69. The van der Waals surface area contributed by atoms with Gasteiger partial charge in [0.05, 0.1) is 0 Å². The van der Waals surface area contributed by atoms with Crippen molar-refractivity contribution in [2.45, 2.75) is 38.8 Å². The standard InChI is InChI=1S/C20H27N3/c1-16-13-18(14-21-20(16)22(2)3)19-11-7-8-12-23(19)15-17-9-5-4-6-10-17/h4-6,9-10,13-14,19H,7-8,11-12,15H2,1-3H3/t19-/m0/s1. The summed E-state index contributed by atoms with van der Waals surface area (Å²) in [7, 11) is 4.11. The van der Waals surface area contributed by atoms with Gasteiger partial charge in [0, 0.05) is 32.9 Å². The average molecular weight is 309 g/mol. The number of hydrogen-bond acceptors (Lipinski definition) is 3. The van der Waals surface area contributed by atoms with E-state index in [-0.39, 0.29) is 0 Å². The Morgan fingerprint density at radius 3 is 2.65 bits per heavy atom. The van der Waals surface area contributed by atoms with Crippen molar-refractivity contribution >= 4 is 5.82 Å². The molecule has 2 heterocycles. The Morgan fingerprint density at radius 2 is 1.96 bits per heavy atom. The smallest absolute Gasteiger partial charge is 0.130 e. The number of hydrogen-bond donors (Lipinski definition) is 0. The highest BCUT2D eigenvalue weighted by Crippen LogP contribution is 2.33. The van der Waals surface area contributed by atoms with Gasteiger partial charge in [-0.05, 0) is 49.1 Å². The average Bonchev–Trinajstić information content (AvgIpc) is 2.56. The summed E-state index contributed by atoms with van der Waals surface area (Å²) in [6.07, 6.45) is 5.92. The number of aromatic nitrogens is 1. The summed E-state index contributed by atoms with van der Waals surface area (Å²) in [5.41, 5.74) is 4.02. The van der Waals surface area contributed by atoms with Crippen LogP contribution in [-0.4, -0.2) is 30.5 Å². The third-order valence-electron chi connectivity index (χ3n) is 4.72. The van der Waals surface area contributed by atoms with E-state index in [4.69, 9.17) is 4.98 Å². The Kier molecular flexibility index (Phi) is 4.97. The molecule has 3 heteroatoms. The van der Waals surface area contributed by atoms with Crippen LogP contribution in [0.1, 0.15) is 42.0 Å². The predicted molar refractivity (Wildman–Crippen MR) is 96.7 cm³/mol. The SMILES string of the molecule is Cc1cc([C@@H]2CCCCN2Cc2ccccc2)cnc1N(C)C. The van der Waals surface area contributed by atoms with Gasteiger partial charge in [-0.25, -0.2) is 4.98 Å². The van der Waals surface area contributed by atoms with Crippen LogP contribution >= 0.6 is 0 Å². The van der Waals surface area contributed by atoms with Crippen LogP contribution in [0.5, 0.6) is 0 Å². The number of anilines is 1. The molecule has 0 unspecified atom stereocenters. The summed E-state index contributed by atoms with van der Waals surface area (Å²) in [5.74, 6) is 1.07. The highest BCUT2D eigenvalue weighted by atomic mass is 15.2. The summed E-state index contributed by atoms with van der Waals surface area (Å²) < 4.78 is 0. The fraction of sp³-hybridized carbons (Fsp3) is 0.450. The van der Waals surface area contributed by atoms with Crippen LogP contribution in [0.25, 0.3) is 0 Å². The minimum absolute atomic E-state index is 0.492. The van der Waals surface area contributed by atoms with E-state index in [1.807, 2.05) is 0 Å². The van der Waals surface area contributed by atoms with Crippen molar-refractivity contribution in [1.29, 1.82) is 0 Å². The number of aryl methyl sites for hydroxylation is 1. The molecule has 3 rings (SSSR count). The first kappa shape index (κ1) is 16.0. The molecule has 1 aliphatic rings. The Morgan fingerprint density at radius 1 is 1.17 bits per heavy atom. The molecule has 1 aromatic heterocycles. The lowest BCUT2D eigenvalue weighted by atomic mass is 9.95. The Bertz CT molecular complexity index is 637. The van der Waals surface area contributed by atoms with Gasteiger partial charge in [-0.15, -0.1) is 0 Å². The Labute approximate surface area is 140 Å². The number of piperidine rings is 1. The quantitative estimate of drug-likeness (QED) is 0.844. The maximum atomic E-state index is 4.69. The molecule has 3 nitrogen and oxygen atoms in total. The van der Waals surface area contributed by atoms with Crippen molar-refractivity contribution in [3.05, 3.63) is 59.3 Å². The minimum Gasteiger partial charge on any atom is -0.363 e. The van der Waals surface area contributed by atoms with Gasteiger partial charge in [-0.2, -0.15) is 0 Å². The molecule has 0 spiro atoms. The third-order valence-corrected chi connectivity index (χ3v) is 4.72. The van der Waals surface area contributed by atoms with Gasteiger partial charge in [0.2, 0.25) is 0 Å². The Hall–Kier alpha value is -1.87. The number of nitrogens with zero attached hydrogens (tertiary/aromatic N) is 3. The van der Waals surface area contributed by atoms with Crippen molar-refractivity contribution in [2.75, 3.05) is 25.5 Å². The zero-order chi connectivity index (χ0) is 16.2. The second-order valence-corrected chi connectivity index (χ2v) is 6.77. The van der Waals surface area contributed by atoms with Crippen molar-refractivity contribution < 1.29 is 0 Å². The molecule has 0 amide bonds. The molecule has 0 radical (unpaired) electrons. The molecule has 0 bridgehead atoms. The van der Waals surface area contributed by atoms with Crippen LogP contribution in [0.2, 0.25) is 0 Å². The molecule has 2 aromatic rings. The lowest BCUT2D eigenvalue weighted by Gasteiger charge is -2.36. The van der Waals surface area contributed by atoms with Gasteiger partial charge >= 0.3 is 0 Å². The van der Waals surface area contributed by atoms with E-state index in [0.717, 1.165) is 12.4 Å². The lowest BCUT2D eigenvalue weighted by molar-refractivity contribution is 0.140. The van der Waals surface area contributed by atoms with Crippen molar-refractivity contribution in [2.24, 2.45) is 0 Å². The van der Waals surface area contributed by atoms with Gasteiger partial charge in [0.15, 0.2) is 0 Å². The Balaban J connectivity index is 1.82. The summed E-state index contributed by atoms with van der Waals surface area (Å²) in [4.78, 5) is 9.39. The van der Waals surface area contributed by atoms with E-state index >= 15 is 0 Å². The van der Waals surface area contributed by atoms with E-state index < -0.39 is 0 Å². The normalized spacial score (nSPS) is 18.8. The van der Waals surface area contributed by atoms with E-state index in [2.05, 4.69) is 73.4 Å². The second kappa shape index (κ2) is 7.14. The maximum Gasteiger partial charge on any atom is 0.130 e. The van der Waals surface area contributed by atoms with Crippen LogP contribution in [0.4, 0.5) is 5.82 Å². The molecule has 1 aromatic carbocycles. The van der Waals surface area contributed by atoms with Gasteiger partial charge < -0.3 is 4.90 Å². The lowest BCUT2D eigenvalue weighted by Crippen LogP contribution is -2.33. The van der Waals surface area contributed by atoms with E-state index in [0.29, 0.717) is 6.04 Å². The first-order valence-corrected chi connectivity index (χ1v) is 8.57. The van der Waals surface area contributed by atoms with Crippen LogP contribution < -0.4 is 4.90 Å². The van der Waals surface area contributed by atoms with Crippen molar-refractivity contribution in [3.8, 4) is 0 Å². The highest BCUT2D eigenvalue weighted by molar-refractivity contribution is 5.46. The molecule has 1 atom stereocenters. The highest BCUT2D eigenvalue weighted by Gasteiger charge is 2.24. The number of rotatable bonds is 4. The van der Waals surface area contributed by atoms with Crippen LogP contribution in [0.3, 0.4) is 0 Å². The van der Waals surface area contributed by atoms with Gasteiger partial charge in [-0.1, -0.05) is 36.8 Å². The molecule has 0 saturated carbocycles. The minimum atomic E-state index is 0.492. The molecule has 0 N–H and O–H groups in total. The van der Waals surface area contributed by atoms with E-state index in [9.17, 15) is 0 Å². The topological polar surface area (TPSA) is 19.4 Å². The summed E-state index contributed by atoms with van der Waals surface area (Å²) in [5, 5.41) is 0. The summed E-state index contributed by atoms with van der Waals surface area (Å²) in [6, 6.07) is 13.6. The van der Waals surface area contributed by atoms with Crippen LogP contribution in [-0.2, 0) is 6.54 Å². The molecule has 23 heavy (non-hydrogen) atoms. The van der Waals surface area contributed by atoms with Crippen molar-refractivity contribution in [1.82, 2.24) is 9.88 Å². The first-order chi connectivity index (χ1) is 11.1. The third kappa shape index (κ3) is 3.73. The van der Waals surface area contributed by atoms with Crippen LogP contribution in [0, 0.1) is 6.92 Å². The van der Waals surface area contributed by atoms with Crippen LogP contribution in [0.15, 0.2) is 42.6 Å². The number of likely N-dealkylation sites (tertiary alicyclic amines) is 1. The zero-order valence-electron chi connectivity index (χ0n) is 14.5. The molecule has 122 valence electrons. The van der Waals surface area contributed by atoms with Gasteiger partial charge in [0.25, 0.3) is 0 Å². The van der Waals surface area contributed by atoms with E-state index in [1.54, 1.807) is 0 Å². The molecule has 1 saturated heterocycles.